The lowest BCUT2D eigenvalue weighted by Crippen LogP contribution is -2.48. The minimum atomic E-state index is -0.0612. The Hall–Kier alpha value is -0.570. The number of nitrogens with one attached hydrogen (secondary N) is 1. The molecule has 0 spiro atoms. The molecule has 1 N–H and O–H groups in total. The Labute approximate surface area is 99.6 Å². The highest BCUT2D eigenvalue weighted by molar-refractivity contribution is 5.80. The molecule has 0 bridgehead atoms. The van der Waals surface area contributed by atoms with Gasteiger partial charge in [0.25, 0.3) is 0 Å². The van der Waals surface area contributed by atoms with Crippen LogP contribution in [0, 0.1) is 5.41 Å². The van der Waals surface area contributed by atoms with Crippen LogP contribution < -0.4 is 5.32 Å². The van der Waals surface area contributed by atoms with E-state index in [2.05, 4.69) is 19.2 Å². The number of carbonyl (C=O) groups excluding carboxylic acids is 1. The van der Waals surface area contributed by atoms with Gasteiger partial charge in [0.05, 0.1) is 6.04 Å². The molecule has 2 atom stereocenters. The highest BCUT2D eigenvalue weighted by atomic mass is 16.2. The normalized spacial score (nSPS) is 26.2. The molecular weight excluding hydrogens is 200 g/mol. The summed E-state index contributed by atoms with van der Waals surface area (Å²) in [7, 11) is 3.62. The van der Waals surface area contributed by atoms with Gasteiger partial charge in [-0.25, -0.2) is 0 Å². The number of hydrogen-bond donors (Lipinski definition) is 1. The Morgan fingerprint density at radius 1 is 1.44 bits per heavy atom. The second-order valence-corrected chi connectivity index (χ2v) is 6.08. The number of likely N-dealkylation sites (N-methyl/N-ethyl adjacent to an activating group) is 1. The topological polar surface area (TPSA) is 32.3 Å². The molecule has 1 amide bonds. The van der Waals surface area contributed by atoms with Gasteiger partial charge in [0.1, 0.15) is 0 Å². The van der Waals surface area contributed by atoms with Gasteiger partial charge in [-0.3, -0.25) is 4.79 Å². The van der Waals surface area contributed by atoms with Gasteiger partial charge in [0.15, 0.2) is 0 Å². The Morgan fingerprint density at radius 3 is 2.56 bits per heavy atom. The molecule has 0 radical (unpaired) electrons. The third-order valence-corrected chi connectivity index (χ3v) is 3.50. The number of nitrogens with zero attached hydrogens (tertiary/aromatic N) is 1. The zero-order valence-corrected chi connectivity index (χ0v) is 11.3. The van der Waals surface area contributed by atoms with Crippen molar-refractivity contribution < 1.29 is 4.79 Å². The van der Waals surface area contributed by atoms with Crippen LogP contribution in [0.1, 0.15) is 46.5 Å². The van der Waals surface area contributed by atoms with E-state index in [-0.39, 0.29) is 11.9 Å². The van der Waals surface area contributed by atoms with Crippen LogP contribution in [0.4, 0.5) is 0 Å². The first kappa shape index (κ1) is 13.5. The monoisotopic (exact) mass is 226 g/mol. The Kier molecular flexibility index (Phi) is 4.36. The molecule has 0 saturated heterocycles. The molecule has 3 nitrogen and oxygen atoms in total. The van der Waals surface area contributed by atoms with E-state index in [4.69, 9.17) is 0 Å². The Morgan fingerprint density at radius 2 is 2.06 bits per heavy atom. The van der Waals surface area contributed by atoms with Crippen LogP contribution in [0.25, 0.3) is 0 Å². The zero-order chi connectivity index (χ0) is 12.3. The van der Waals surface area contributed by atoms with Gasteiger partial charge in [-0.05, 0) is 31.6 Å². The highest BCUT2D eigenvalue weighted by Gasteiger charge is 2.29. The van der Waals surface area contributed by atoms with Crippen molar-refractivity contribution in [3.8, 4) is 0 Å². The van der Waals surface area contributed by atoms with Crippen molar-refractivity contribution in [2.24, 2.45) is 5.41 Å². The molecule has 3 heteroatoms. The van der Waals surface area contributed by atoms with Gasteiger partial charge in [0.2, 0.25) is 5.91 Å². The fraction of sp³-hybridized carbons (Fsp3) is 0.923. The molecule has 1 aliphatic rings. The average molecular weight is 226 g/mol. The minimum Gasteiger partial charge on any atom is -0.347 e. The maximum Gasteiger partial charge on any atom is 0.238 e. The smallest absolute Gasteiger partial charge is 0.238 e. The summed E-state index contributed by atoms with van der Waals surface area (Å²) in [6, 6.07) is 0.441. The van der Waals surface area contributed by atoms with Gasteiger partial charge in [0, 0.05) is 20.1 Å². The molecule has 0 heterocycles. The van der Waals surface area contributed by atoms with E-state index in [1.807, 2.05) is 21.0 Å². The molecule has 1 saturated carbocycles. The lowest BCUT2D eigenvalue weighted by Gasteiger charge is -2.37. The number of amides is 1. The lowest BCUT2D eigenvalue weighted by atomic mass is 9.75. The van der Waals surface area contributed by atoms with Gasteiger partial charge < -0.3 is 10.2 Å². The van der Waals surface area contributed by atoms with Gasteiger partial charge >= 0.3 is 0 Å². The Balaban J connectivity index is 2.45. The van der Waals surface area contributed by atoms with E-state index < -0.39 is 0 Å². The standard InChI is InChI=1S/C13H26N2O/c1-10(12(16)15(4)5)14-11-7-6-8-13(2,3)9-11/h10-11,14H,6-9H2,1-5H3. The summed E-state index contributed by atoms with van der Waals surface area (Å²) in [5, 5.41) is 3.46. The first-order valence-electron chi connectivity index (χ1n) is 6.29. The van der Waals surface area contributed by atoms with Gasteiger partial charge in [-0.2, -0.15) is 0 Å². The minimum absolute atomic E-state index is 0.0612. The molecule has 94 valence electrons. The number of hydrogen-bond acceptors (Lipinski definition) is 2. The van der Waals surface area contributed by atoms with Gasteiger partial charge in [-0.15, -0.1) is 0 Å². The van der Waals surface area contributed by atoms with E-state index in [0.717, 1.165) is 0 Å². The van der Waals surface area contributed by atoms with Crippen molar-refractivity contribution in [3.63, 3.8) is 0 Å². The van der Waals surface area contributed by atoms with Crippen LogP contribution in [-0.4, -0.2) is 37.0 Å². The average Bonchev–Trinajstić information content (AvgIpc) is 2.14. The maximum atomic E-state index is 11.7. The van der Waals surface area contributed by atoms with Crippen molar-refractivity contribution in [1.82, 2.24) is 10.2 Å². The van der Waals surface area contributed by atoms with E-state index in [1.54, 1.807) is 4.90 Å². The van der Waals surface area contributed by atoms with E-state index >= 15 is 0 Å². The van der Waals surface area contributed by atoms with Crippen molar-refractivity contribution in [3.05, 3.63) is 0 Å². The summed E-state index contributed by atoms with van der Waals surface area (Å²) >= 11 is 0. The number of carbonyl (C=O) groups is 1. The summed E-state index contributed by atoms with van der Waals surface area (Å²) in [5.74, 6) is 0.170. The second-order valence-electron chi connectivity index (χ2n) is 6.08. The van der Waals surface area contributed by atoms with Gasteiger partial charge in [-0.1, -0.05) is 20.3 Å². The molecule has 2 unspecified atom stereocenters. The molecule has 0 aromatic carbocycles. The quantitative estimate of drug-likeness (QED) is 0.798. The SMILES string of the molecule is CC(NC1CCCC(C)(C)C1)C(=O)N(C)C. The summed E-state index contributed by atoms with van der Waals surface area (Å²) in [5.41, 5.74) is 0.427. The molecule has 1 fully saturated rings. The molecule has 0 aromatic rings. The first-order valence-corrected chi connectivity index (χ1v) is 6.29. The van der Waals surface area contributed by atoms with E-state index in [0.29, 0.717) is 11.5 Å². The van der Waals surface area contributed by atoms with Crippen LogP contribution in [0.2, 0.25) is 0 Å². The molecular formula is C13H26N2O. The van der Waals surface area contributed by atoms with Crippen LogP contribution in [0.15, 0.2) is 0 Å². The van der Waals surface area contributed by atoms with Crippen molar-refractivity contribution >= 4 is 5.91 Å². The predicted molar refractivity (Wildman–Crippen MR) is 67.3 cm³/mol. The van der Waals surface area contributed by atoms with Crippen molar-refractivity contribution in [2.45, 2.75) is 58.5 Å². The summed E-state index contributed by atoms with van der Waals surface area (Å²) < 4.78 is 0. The van der Waals surface area contributed by atoms with Crippen LogP contribution in [0.5, 0.6) is 0 Å². The first-order chi connectivity index (χ1) is 7.32. The third-order valence-electron chi connectivity index (χ3n) is 3.50. The molecule has 0 aromatic heterocycles. The van der Waals surface area contributed by atoms with E-state index in [1.165, 1.54) is 25.7 Å². The molecule has 0 aliphatic heterocycles. The zero-order valence-electron chi connectivity index (χ0n) is 11.3. The van der Waals surface area contributed by atoms with Crippen molar-refractivity contribution in [2.75, 3.05) is 14.1 Å². The molecule has 1 rings (SSSR count). The highest BCUT2D eigenvalue weighted by Crippen LogP contribution is 2.35. The summed E-state index contributed by atoms with van der Waals surface area (Å²) in [4.78, 5) is 13.4. The van der Waals surface area contributed by atoms with Crippen LogP contribution >= 0.6 is 0 Å². The molecule has 1 aliphatic carbocycles. The Bertz CT molecular complexity index is 248. The van der Waals surface area contributed by atoms with Crippen molar-refractivity contribution in [1.29, 1.82) is 0 Å². The predicted octanol–water partition coefficient (Wildman–Crippen LogP) is 2.02. The van der Waals surface area contributed by atoms with Crippen LogP contribution in [0.3, 0.4) is 0 Å². The fourth-order valence-corrected chi connectivity index (χ4v) is 2.65. The van der Waals surface area contributed by atoms with E-state index in [9.17, 15) is 4.79 Å². The largest absolute Gasteiger partial charge is 0.347 e. The second kappa shape index (κ2) is 5.17. The lowest BCUT2D eigenvalue weighted by molar-refractivity contribution is -0.130. The number of rotatable bonds is 3. The van der Waals surface area contributed by atoms with Crippen LogP contribution in [-0.2, 0) is 4.79 Å². The summed E-state index contributed by atoms with van der Waals surface area (Å²) in [6.45, 7) is 6.60. The maximum absolute atomic E-state index is 11.7. The molecule has 16 heavy (non-hydrogen) atoms. The fourth-order valence-electron chi connectivity index (χ4n) is 2.65. The summed E-state index contributed by atoms with van der Waals surface area (Å²) in [6.07, 6.45) is 4.96. The third kappa shape index (κ3) is 3.78.